The fourth-order valence-electron chi connectivity index (χ4n) is 3.73. The van der Waals surface area contributed by atoms with Gasteiger partial charge in [0.15, 0.2) is 0 Å². The molecule has 1 aromatic carbocycles. The number of aryl methyl sites for hydroxylation is 1. The third kappa shape index (κ3) is 1.38. The van der Waals surface area contributed by atoms with Crippen molar-refractivity contribution in [3.63, 3.8) is 0 Å². The number of nitrogens with zero attached hydrogens (tertiary/aromatic N) is 1. The third-order valence-electron chi connectivity index (χ3n) is 4.54. The van der Waals surface area contributed by atoms with Gasteiger partial charge in [0.05, 0.1) is 29.7 Å². The van der Waals surface area contributed by atoms with E-state index in [-0.39, 0.29) is 35.9 Å². The minimum atomic E-state index is -0.244. The normalized spacial score (nSPS) is 36.2. The van der Waals surface area contributed by atoms with Crippen molar-refractivity contribution in [3.05, 3.63) is 29.8 Å². The lowest BCUT2D eigenvalue weighted by atomic mass is 9.81. The number of amides is 2. The Morgan fingerprint density at radius 3 is 2.32 bits per heavy atom. The summed E-state index contributed by atoms with van der Waals surface area (Å²) in [5.74, 6) is -0.640. The van der Waals surface area contributed by atoms with Crippen molar-refractivity contribution in [2.75, 3.05) is 4.90 Å². The van der Waals surface area contributed by atoms with Crippen molar-refractivity contribution in [2.45, 2.75) is 32.0 Å². The fraction of sp³-hybridized carbons (Fsp3) is 0.467. The number of carbonyl (C=O) groups excluding carboxylic acids is 2. The largest absolute Gasteiger partial charge is 0.373 e. The van der Waals surface area contributed by atoms with E-state index in [9.17, 15) is 9.59 Å². The van der Waals surface area contributed by atoms with Crippen LogP contribution in [0.2, 0.25) is 0 Å². The van der Waals surface area contributed by atoms with Crippen LogP contribution in [0.15, 0.2) is 24.3 Å². The maximum Gasteiger partial charge on any atom is 0.240 e. The van der Waals surface area contributed by atoms with Gasteiger partial charge in [0.25, 0.3) is 0 Å². The summed E-state index contributed by atoms with van der Waals surface area (Å²) in [5.41, 5.74) is 1.75. The summed E-state index contributed by atoms with van der Waals surface area (Å²) < 4.78 is 5.72. The lowest BCUT2D eigenvalue weighted by molar-refractivity contribution is -0.124. The monoisotopic (exact) mass is 257 g/mol. The van der Waals surface area contributed by atoms with Crippen LogP contribution in [-0.4, -0.2) is 24.0 Å². The number of anilines is 1. The summed E-state index contributed by atoms with van der Waals surface area (Å²) in [4.78, 5) is 26.4. The zero-order valence-corrected chi connectivity index (χ0v) is 10.7. The smallest absolute Gasteiger partial charge is 0.240 e. The lowest BCUT2D eigenvalue weighted by Gasteiger charge is -2.17. The molecule has 4 heteroatoms. The molecule has 0 unspecified atom stereocenters. The summed E-state index contributed by atoms with van der Waals surface area (Å²) >= 11 is 0. The third-order valence-corrected chi connectivity index (χ3v) is 4.54. The number of ether oxygens (including phenoxy) is 1. The zero-order valence-electron chi connectivity index (χ0n) is 10.7. The van der Waals surface area contributed by atoms with Gasteiger partial charge in [-0.1, -0.05) is 12.1 Å². The Morgan fingerprint density at radius 2 is 1.74 bits per heavy atom. The second kappa shape index (κ2) is 3.67. The maximum absolute atomic E-state index is 12.5. The first-order valence-electron chi connectivity index (χ1n) is 6.77. The van der Waals surface area contributed by atoms with Gasteiger partial charge in [-0.25, -0.2) is 4.90 Å². The molecule has 3 fully saturated rings. The van der Waals surface area contributed by atoms with E-state index in [1.165, 1.54) is 4.90 Å². The molecule has 0 spiro atoms. The van der Waals surface area contributed by atoms with E-state index < -0.39 is 0 Å². The second-order valence-electron chi connectivity index (χ2n) is 5.69. The molecule has 0 N–H and O–H groups in total. The highest BCUT2D eigenvalue weighted by atomic mass is 16.5. The van der Waals surface area contributed by atoms with E-state index in [1.807, 2.05) is 31.2 Å². The van der Waals surface area contributed by atoms with Gasteiger partial charge in [-0.05, 0) is 37.5 Å². The van der Waals surface area contributed by atoms with E-state index in [1.54, 1.807) is 0 Å². The van der Waals surface area contributed by atoms with Crippen molar-refractivity contribution in [3.8, 4) is 0 Å². The first-order chi connectivity index (χ1) is 9.16. The van der Waals surface area contributed by atoms with Crippen LogP contribution in [-0.2, 0) is 14.3 Å². The van der Waals surface area contributed by atoms with Crippen LogP contribution in [0.5, 0.6) is 0 Å². The van der Waals surface area contributed by atoms with E-state index in [0.29, 0.717) is 5.69 Å². The molecule has 3 heterocycles. The standard InChI is InChI=1S/C15H15NO3/c1-8-3-2-4-9(7-8)16-14(17)12-10-5-6-11(19-10)13(12)15(16)18/h2-4,7,10-13H,5-6H2,1H3/t10-,11+,12+,13-. The molecule has 3 saturated heterocycles. The molecule has 1 aromatic rings. The first-order valence-corrected chi connectivity index (χ1v) is 6.77. The van der Waals surface area contributed by atoms with Crippen molar-refractivity contribution in [1.29, 1.82) is 0 Å². The number of hydrogen-bond donors (Lipinski definition) is 0. The SMILES string of the molecule is Cc1cccc(N2C(=O)[C@@H]3[C@H](C2=O)[C@@H]2CC[C@H]3O2)c1. The van der Waals surface area contributed by atoms with Crippen molar-refractivity contribution >= 4 is 17.5 Å². The predicted molar refractivity (Wildman–Crippen MR) is 68.5 cm³/mol. The molecule has 0 saturated carbocycles. The van der Waals surface area contributed by atoms with Crippen LogP contribution in [0.25, 0.3) is 0 Å². The van der Waals surface area contributed by atoms with E-state index in [0.717, 1.165) is 18.4 Å². The van der Waals surface area contributed by atoms with Gasteiger partial charge < -0.3 is 4.74 Å². The first kappa shape index (κ1) is 11.2. The Hall–Kier alpha value is -1.68. The van der Waals surface area contributed by atoms with Gasteiger partial charge in [-0.2, -0.15) is 0 Å². The van der Waals surface area contributed by atoms with Crippen LogP contribution in [0, 0.1) is 18.8 Å². The Morgan fingerprint density at radius 1 is 1.11 bits per heavy atom. The number of fused-ring (bicyclic) bond motifs is 5. The van der Waals surface area contributed by atoms with Gasteiger partial charge in [0.2, 0.25) is 11.8 Å². The van der Waals surface area contributed by atoms with Gasteiger partial charge in [0.1, 0.15) is 0 Å². The minimum Gasteiger partial charge on any atom is -0.373 e. The molecule has 2 amide bonds. The van der Waals surface area contributed by atoms with Crippen molar-refractivity contribution < 1.29 is 14.3 Å². The number of rotatable bonds is 1. The maximum atomic E-state index is 12.5. The topological polar surface area (TPSA) is 46.6 Å². The molecule has 2 bridgehead atoms. The summed E-state index contributed by atoms with van der Waals surface area (Å²) in [6.07, 6.45) is 1.74. The average Bonchev–Trinajstić information content (AvgIpc) is 3.04. The van der Waals surface area contributed by atoms with E-state index in [4.69, 9.17) is 4.74 Å². The minimum absolute atomic E-state index is 0.0405. The molecular weight excluding hydrogens is 242 g/mol. The Bertz CT molecular complexity index is 555. The van der Waals surface area contributed by atoms with Gasteiger partial charge in [-0.3, -0.25) is 9.59 Å². The van der Waals surface area contributed by atoms with Crippen LogP contribution < -0.4 is 4.90 Å². The highest BCUT2D eigenvalue weighted by Gasteiger charge is 2.62. The molecule has 0 radical (unpaired) electrons. The van der Waals surface area contributed by atoms with Gasteiger partial charge in [-0.15, -0.1) is 0 Å². The Labute approximate surface area is 111 Å². The molecule has 4 nitrogen and oxygen atoms in total. The Kier molecular flexibility index (Phi) is 2.16. The van der Waals surface area contributed by atoms with Crippen LogP contribution in [0.4, 0.5) is 5.69 Å². The quantitative estimate of drug-likeness (QED) is 0.719. The molecule has 3 aliphatic rings. The second-order valence-corrected chi connectivity index (χ2v) is 5.69. The average molecular weight is 257 g/mol. The van der Waals surface area contributed by atoms with Crippen molar-refractivity contribution in [1.82, 2.24) is 0 Å². The van der Waals surface area contributed by atoms with Crippen molar-refractivity contribution in [2.24, 2.45) is 11.8 Å². The highest BCUT2D eigenvalue weighted by molar-refractivity contribution is 6.22. The van der Waals surface area contributed by atoms with Crippen LogP contribution >= 0.6 is 0 Å². The Balaban J connectivity index is 1.75. The molecule has 4 atom stereocenters. The predicted octanol–water partition coefficient (Wildman–Crippen LogP) is 1.66. The number of imide groups is 1. The molecule has 3 aliphatic heterocycles. The molecule has 98 valence electrons. The molecular formula is C15H15NO3. The van der Waals surface area contributed by atoms with Crippen LogP contribution in [0.3, 0.4) is 0 Å². The molecule has 4 rings (SSSR count). The molecule has 0 aliphatic carbocycles. The number of hydrogen-bond acceptors (Lipinski definition) is 3. The summed E-state index contributed by atoms with van der Waals surface area (Å²) in [5, 5.41) is 0. The van der Waals surface area contributed by atoms with E-state index in [2.05, 4.69) is 0 Å². The van der Waals surface area contributed by atoms with E-state index >= 15 is 0 Å². The summed E-state index contributed by atoms with van der Waals surface area (Å²) in [6.45, 7) is 1.96. The summed E-state index contributed by atoms with van der Waals surface area (Å²) in [6, 6.07) is 7.55. The summed E-state index contributed by atoms with van der Waals surface area (Å²) in [7, 11) is 0. The zero-order chi connectivity index (χ0) is 13.1. The number of carbonyl (C=O) groups is 2. The molecule has 0 aromatic heterocycles. The van der Waals surface area contributed by atoms with Gasteiger partial charge in [0, 0.05) is 0 Å². The molecule has 19 heavy (non-hydrogen) atoms. The van der Waals surface area contributed by atoms with Crippen LogP contribution in [0.1, 0.15) is 18.4 Å². The fourth-order valence-corrected chi connectivity index (χ4v) is 3.73. The lowest BCUT2D eigenvalue weighted by Crippen LogP contribution is -2.34. The van der Waals surface area contributed by atoms with Gasteiger partial charge >= 0.3 is 0 Å². The number of benzene rings is 1. The highest BCUT2D eigenvalue weighted by Crippen LogP contribution is 2.49.